The summed E-state index contributed by atoms with van der Waals surface area (Å²) in [6.07, 6.45) is 0. The molecule has 0 saturated carbocycles. The number of benzene rings is 10. The number of fused-ring (bicyclic) bond motifs is 5. The molecular weight excluding hydrogens is 719 g/mol. The zero-order chi connectivity index (χ0) is 38.6. The first-order chi connectivity index (χ1) is 29.2. The van der Waals surface area contributed by atoms with Gasteiger partial charge in [-0.25, -0.2) is 15.0 Å². The quantitative estimate of drug-likeness (QED) is 0.168. The predicted molar refractivity (Wildman–Crippen MR) is 245 cm³/mol. The summed E-state index contributed by atoms with van der Waals surface area (Å²) in [6.45, 7) is 0. The van der Waals surface area contributed by atoms with Gasteiger partial charge in [0.15, 0.2) is 17.5 Å². The summed E-state index contributed by atoms with van der Waals surface area (Å²) >= 11 is 0. The third kappa shape index (κ3) is 4.81. The van der Waals surface area contributed by atoms with E-state index in [9.17, 15) is 0 Å². The van der Waals surface area contributed by atoms with Gasteiger partial charge in [-0.3, -0.25) is 0 Å². The number of para-hydroxylation sites is 1. The average molecular weight is 750 g/mol. The minimum absolute atomic E-state index is 0.617. The second-order valence-electron chi connectivity index (χ2n) is 15.5. The Kier molecular flexibility index (Phi) is 6.69. The maximum absolute atomic E-state index is 6.20. The van der Waals surface area contributed by atoms with E-state index in [-0.39, 0.29) is 0 Å². The van der Waals surface area contributed by atoms with Crippen LogP contribution in [0, 0.1) is 0 Å². The molecule has 0 amide bonds. The van der Waals surface area contributed by atoms with E-state index in [0.29, 0.717) is 17.5 Å². The number of hydrogen-bond donors (Lipinski definition) is 0. The molecule has 0 N–H and O–H groups in total. The number of aromatic nitrogens is 3. The van der Waals surface area contributed by atoms with Crippen molar-refractivity contribution in [1.29, 1.82) is 0 Å². The molecule has 2 aromatic heterocycles. The zero-order valence-electron chi connectivity index (χ0n) is 31.6. The molecular formula is C55H31N3O. The molecule has 13 aromatic rings. The topological polar surface area (TPSA) is 51.8 Å². The normalized spacial score (nSPS) is 12.1. The van der Waals surface area contributed by atoms with Crippen molar-refractivity contribution in [2.24, 2.45) is 0 Å². The smallest absolute Gasteiger partial charge is 0.164 e. The Morgan fingerprint density at radius 3 is 1.49 bits per heavy atom. The maximum Gasteiger partial charge on any atom is 0.164 e. The highest BCUT2D eigenvalue weighted by molar-refractivity contribution is 6.37. The van der Waals surface area contributed by atoms with Gasteiger partial charge in [0.2, 0.25) is 0 Å². The summed E-state index contributed by atoms with van der Waals surface area (Å²) in [5.41, 5.74) is 6.64. The van der Waals surface area contributed by atoms with Crippen molar-refractivity contribution in [3.63, 3.8) is 0 Å². The van der Waals surface area contributed by atoms with E-state index in [1.807, 2.05) is 30.3 Å². The zero-order valence-corrected chi connectivity index (χ0v) is 31.6. The molecule has 11 aromatic carbocycles. The van der Waals surface area contributed by atoms with E-state index in [0.717, 1.165) is 55.1 Å². The van der Waals surface area contributed by atoms with Gasteiger partial charge in [0.1, 0.15) is 11.2 Å². The van der Waals surface area contributed by atoms with Gasteiger partial charge in [-0.1, -0.05) is 158 Å². The van der Waals surface area contributed by atoms with Crippen LogP contribution in [0.25, 0.3) is 132 Å². The third-order valence-electron chi connectivity index (χ3n) is 12.2. The lowest BCUT2D eigenvalue weighted by atomic mass is 9.87. The molecule has 0 atom stereocenters. The van der Waals surface area contributed by atoms with E-state index >= 15 is 0 Å². The van der Waals surface area contributed by atoms with Crippen LogP contribution in [0.3, 0.4) is 0 Å². The Hall–Kier alpha value is -7.95. The number of rotatable bonds is 4. The van der Waals surface area contributed by atoms with Crippen LogP contribution in [0.4, 0.5) is 0 Å². The molecule has 13 rings (SSSR count). The highest BCUT2D eigenvalue weighted by Crippen LogP contribution is 2.45. The molecule has 0 aliphatic carbocycles. The second-order valence-corrected chi connectivity index (χ2v) is 15.5. The monoisotopic (exact) mass is 749 g/mol. The second kappa shape index (κ2) is 12.3. The average Bonchev–Trinajstić information content (AvgIpc) is 3.68. The van der Waals surface area contributed by atoms with Gasteiger partial charge in [-0.2, -0.15) is 0 Å². The van der Waals surface area contributed by atoms with E-state index in [1.54, 1.807) is 0 Å². The maximum atomic E-state index is 6.20. The summed E-state index contributed by atoms with van der Waals surface area (Å²) in [4.78, 5) is 15.8. The van der Waals surface area contributed by atoms with E-state index in [2.05, 4.69) is 158 Å². The number of nitrogens with zero attached hydrogens (tertiary/aromatic N) is 3. The molecule has 0 saturated heterocycles. The van der Waals surface area contributed by atoms with Crippen LogP contribution in [0.5, 0.6) is 0 Å². The molecule has 4 nitrogen and oxygen atoms in total. The molecule has 59 heavy (non-hydrogen) atoms. The van der Waals surface area contributed by atoms with Crippen molar-refractivity contribution in [1.82, 2.24) is 15.0 Å². The standard InChI is InChI=1S/C55H31N3O/c1-2-11-35(12-3-1)53-56-54(58-55(57-53)44-18-5-4-16-39(44)36-27-28-48-45(30-36)40-17-6-7-22-47(40)59-48)38-29-37-26-25-34-14-9-20-42-41-19-8-13-32-23-24-33-15-10-21-43(51(33)49(32)41)46(31-38)52(37)50(34)42/h1-31H. The van der Waals surface area contributed by atoms with Crippen molar-refractivity contribution in [2.75, 3.05) is 0 Å². The fourth-order valence-electron chi connectivity index (χ4n) is 9.58. The molecule has 0 aliphatic rings. The van der Waals surface area contributed by atoms with Crippen LogP contribution < -0.4 is 0 Å². The first-order valence-electron chi connectivity index (χ1n) is 20.0. The summed E-state index contributed by atoms with van der Waals surface area (Å²) in [5.74, 6) is 1.87. The van der Waals surface area contributed by atoms with E-state index in [1.165, 1.54) is 59.2 Å². The minimum atomic E-state index is 0.617. The molecule has 0 unspecified atom stereocenters. The molecule has 0 bridgehead atoms. The summed E-state index contributed by atoms with van der Waals surface area (Å²) in [5, 5.41) is 17.0. The molecule has 2 heterocycles. The predicted octanol–water partition coefficient (Wildman–Crippen LogP) is 14.8. The van der Waals surface area contributed by atoms with Gasteiger partial charge in [0.05, 0.1) is 0 Å². The van der Waals surface area contributed by atoms with Crippen molar-refractivity contribution < 1.29 is 4.42 Å². The van der Waals surface area contributed by atoms with Gasteiger partial charge in [-0.05, 0) is 106 Å². The number of hydrogen-bond acceptors (Lipinski definition) is 4. The Bertz CT molecular complexity index is 3840. The largest absolute Gasteiger partial charge is 0.456 e. The fourth-order valence-corrected chi connectivity index (χ4v) is 9.58. The van der Waals surface area contributed by atoms with Crippen molar-refractivity contribution in [2.45, 2.75) is 0 Å². The van der Waals surface area contributed by atoms with E-state index < -0.39 is 0 Å². The molecule has 0 spiro atoms. The fraction of sp³-hybridized carbons (Fsp3) is 0. The lowest BCUT2D eigenvalue weighted by Gasteiger charge is -2.17. The van der Waals surface area contributed by atoms with Crippen LogP contribution in [0.2, 0.25) is 0 Å². The molecule has 0 radical (unpaired) electrons. The van der Waals surface area contributed by atoms with Crippen molar-refractivity contribution in [3.05, 3.63) is 188 Å². The van der Waals surface area contributed by atoms with Gasteiger partial charge >= 0.3 is 0 Å². The highest BCUT2D eigenvalue weighted by atomic mass is 16.3. The summed E-state index contributed by atoms with van der Waals surface area (Å²) in [6, 6.07) is 67.0. The van der Waals surface area contributed by atoms with Crippen LogP contribution in [0.15, 0.2) is 192 Å². The Morgan fingerprint density at radius 1 is 0.271 bits per heavy atom. The summed E-state index contributed by atoms with van der Waals surface area (Å²) < 4.78 is 6.20. The van der Waals surface area contributed by atoms with Gasteiger partial charge in [0.25, 0.3) is 0 Å². The van der Waals surface area contributed by atoms with Gasteiger partial charge in [-0.15, -0.1) is 0 Å². The Labute approximate surface area is 338 Å². The molecule has 0 aliphatic heterocycles. The van der Waals surface area contributed by atoms with E-state index in [4.69, 9.17) is 19.4 Å². The van der Waals surface area contributed by atoms with Crippen molar-refractivity contribution >= 4 is 86.6 Å². The SMILES string of the molecule is c1ccc(-c2nc(-c3cc4ccc5cccc6c7cccc8ccc9cccc(c(c3)c4c56)c9c87)nc(-c3ccccc3-c3ccc4oc5ccccc5c4c3)n2)cc1. The van der Waals surface area contributed by atoms with Gasteiger partial charge in [0, 0.05) is 27.5 Å². The minimum Gasteiger partial charge on any atom is -0.456 e. The van der Waals surface area contributed by atoms with Crippen LogP contribution in [-0.4, -0.2) is 15.0 Å². The van der Waals surface area contributed by atoms with Crippen LogP contribution in [-0.2, 0) is 0 Å². The Morgan fingerprint density at radius 2 is 0.780 bits per heavy atom. The Balaban J connectivity index is 1.11. The first-order valence-corrected chi connectivity index (χ1v) is 20.0. The lowest BCUT2D eigenvalue weighted by Crippen LogP contribution is -2.01. The first kappa shape index (κ1) is 32.2. The van der Waals surface area contributed by atoms with Gasteiger partial charge < -0.3 is 4.42 Å². The summed E-state index contributed by atoms with van der Waals surface area (Å²) in [7, 11) is 0. The highest BCUT2D eigenvalue weighted by Gasteiger charge is 2.20. The van der Waals surface area contributed by atoms with Crippen molar-refractivity contribution in [3.8, 4) is 45.3 Å². The van der Waals surface area contributed by atoms with Crippen LogP contribution >= 0.6 is 0 Å². The van der Waals surface area contributed by atoms with Crippen LogP contribution in [0.1, 0.15) is 0 Å². The lowest BCUT2D eigenvalue weighted by molar-refractivity contribution is 0.669. The third-order valence-corrected chi connectivity index (χ3v) is 12.2. The molecule has 0 fully saturated rings. The molecule has 4 heteroatoms. The molecule has 272 valence electrons. The number of furan rings is 1.